The SMILES string of the molecule is Cc1c(C(=O)O)sc2nc(C(C)C)nn12. The average Bonchev–Trinajstić information content (AvgIpc) is 2.65. The molecule has 0 atom stereocenters. The molecule has 0 aliphatic heterocycles. The van der Waals surface area contributed by atoms with Gasteiger partial charge >= 0.3 is 5.97 Å². The van der Waals surface area contributed by atoms with Crippen LogP contribution >= 0.6 is 11.3 Å². The van der Waals surface area contributed by atoms with Gasteiger partial charge in [-0.2, -0.15) is 5.10 Å². The van der Waals surface area contributed by atoms with Gasteiger partial charge in [0.25, 0.3) is 0 Å². The van der Waals surface area contributed by atoms with Crippen molar-refractivity contribution in [1.82, 2.24) is 14.6 Å². The molecule has 0 saturated heterocycles. The molecule has 0 aliphatic carbocycles. The Bertz CT molecular complexity index is 527. The number of rotatable bonds is 2. The maximum Gasteiger partial charge on any atom is 0.347 e. The molecule has 0 aliphatic rings. The maximum absolute atomic E-state index is 10.8. The van der Waals surface area contributed by atoms with Crippen molar-refractivity contribution in [1.29, 1.82) is 0 Å². The van der Waals surface area contributed by atoms with E-state index >= 15 is 0 Å². The lowest BCUT2D eigenvalue weighted by atomic mass is 10.2. The molecule has 0 unspecified atom stereocenters. The molecule has 0 amide bonds. The second-order valence-electron chi connectivity index (χ2n) is 3.64. The quantitative estimate of drug-likeness (QED) is 0.847. The zero-order valence-corrected chi connectivity index (χ0v) is 9.50. The molecule has 5 nitrogen and oxygen atoms in total. The standard InChI is InChI=1S/C9H11N3O2S/c1-4(2)7-10-9-12(11-7)5(3)6(15-9)8(13)14/h4H,1-3H3,(H,13,14). The lowest BCUT2D eigenvalue weighted by Gasteiger charge is -1.95. The fraction of sp³-hybridized carbons (Fsp3) is 0.444. The highest BCUT2D eigenvalue weighted by atomic mass is 32.1. The first-order valence-electron chi connectivity index (χ1n) is 4.60. The molecule has 2 rings (SSSR count). The van der Waals surface area contributed by atoms with E-state index in [1.807, 2.05) is 13.8 Å². The van der Waals surface area contributed by atoms with Crippen molar-refractivity contribution < 1.29 is 9.90 Å². The highest BCUT2D eigenvalue weighted by molar-refractivity contribution is 7.18. The third-order valence-corrected chi connectivity index (χ3v) is 3.27. The Hall–Kier alpha value is -1.43. The highest BCUT2D eigenvalue weighted by Crippen LogP contribution is 2.23. The molecule has 0 fully saturated rings. The molecule has 6 heteroatoms. The fourth-order valence-corrected chi connectivity index (χ4v) is 2.21. The van der Waals surface area contributed by atoms with Crippen LogP contribution in [0.2, 0.25) is 0 Å². The minimum atomic E-state index is -0.920. The topological polar surface area (TPSA) is 67.5 Å². The number of hydrogen-bond donors (Lipinski definition) is 1. The first kappa shape index (κ1) is 10.1. The number of aromatic carboxylic acids is 1. The van der Waals surface area contributed by atoms with E-state index in [1.54, 1.807) is 11.4 Å². The molecule has 2 aromatic rings. The van der Waals surface area contributed by atoms with Crippen molar-refractivity contribution in [2.75, 3.05) is 0 Å². The molecule has 0 aromatic carbocycles. The molecule has 0 bridgehead atoms. The number of nitrogens with zero attached hydrogens (tertiary/aromatic N) is 3. The number of carboxylic acids is 1. The van der Waals surface area contributed by atoms with Crippen LogP contribution in [0.3, 0.4) is 0 Å². The van der Waals surface area contributed by atoms with Gasteiger partial charge in [-0.05, 0) is 6.92 Å². The monoisotopic (exact) mass is 225 g/mol. The second kappa shape index (κ2) is 3.30. The number of carbonyl (C=O) groups is 1. The summed E-state index contributed by atoms with van der Waals surface area (Å²) in [5, 5.41) is 13.2. The lowest BCUT2D eigenvalue weighted by molar-refractivity contribution is 0.0701. The Labute approximate surface area is 90.4 Å². The van der Waals surface area contributed by atoms with Crippen LogP contribution < -0.4 is 0 Å². The van der Waals surface area contributed by atoms with E-state index in [9.17, 15) is 4.79 Å². The molecule has 0 spiro atoms. The van der Waals surface area contributed by atoms with E-state index in [4.69, 9.17) is 5.11 Å². The van der Waals surface area contributed by atoms with Crippen LogP contribution in [-0.2, 0) is 0 Å². The number of fused-ring (bicyclic) bond motifs is 1. The van der Waals surface area contributed by atoms with Gasteiger partial charge in [-0.3, -0.25) is 0 Å². The summed E-state index contributed by atoms with van der Waals surface area (Å²) in [7, 11) is 0. The number of carboxylic acid groups (broad SMARTS) is 1. The third-order valence-electron chi connectivity index (χ3n) is 2.14. The van der Waals surface area contributed by atoms with E-state index in [1.165, 1.54) is 0 Å². The molecule has 15 heavy (non-hydrogen) atoms. The molecule has 1 N–H and O–H groups in total. The van der Waals surface area contributed by atoms with E-state index in [2.05, 4.69) is 10.1 Å². The number of thiazole rings is 1. The summed E-state index contributed by atoms with van der Waals surface area (Å²) in [6.07, 6.45) is 0. The molecule has 0 radical (unpaired) electrons. The smallest absolute Gasteiger partial charge is 0.347 e. The number of hydrogen-bond acceptors (Lipinski definition) is 4. The normalized spacial score (nSPS) is 11.5. The van der Waals surface area contributed by atoms with Crippen LogP contribution in [0, 0.1) is 6.92 Å². The second-order valence-corrected chi connectivity index (χ2v) is 4.62. The van der Waals surface area contributed by atoms with Crippen LogP contribution in [0.15, 0.2) is 0 Å². The van der Waals surface area contributed by atoms with Crippen molar-refractivity contribution in [2.45, 2.75) is 26.7 Å². The largest absolute Gasteiger partial charge is 0.477 e. The van der Waals surface area contributed by atoms with Crippen molar-refractivity contribution in [3.8, 4) is 0 Å². The number of aryl methyl sites for hydroxylation is 1. The molecule has 80 valence electrons. The van der Waals surface area contributed by atoms with Gasteiger partial charge in [-0.1, -0.05) is 25.2 Å². The van der Waals surface area contributed by atoms with Crippen LogP contribution in [0.25, 0.3) is 4.96 Å². The molecule has 2 heterocycles. The van der Waals surface area contributed by atoms with E-state index in [0.29, 0.717) is 15.5 Å². The maximum atomic E-state index is 10.8. The van der Waals surface area contributed by atoms with Gasteiger partial charge in [0, 0.05) is 5.92 Å². The Kier molecular flexibility index (Phi) is 2.22. The minimum Gasteiger partial charge on any atom is -0.477 e. The Balaban J connectivity index is 2.62. The fourth-order valence-electron chi connectivity index (χ4n) is 1.30. The van der Waals surface area contributed by atoms with Gasteiger partial charge in [0.05, 0.1) is 5.69 Å². The van der Waals surface area contributed by atoms with Crippen molar-refractivity contribution >= 4 is 22.3 Å². The summed E-state index contributed by atoms with van der Waals surface area (Å²) < 4.78 is 1.60. The summed E-state index contributed by atoms with van der Waals surface area (Å²) in [6, 6.07) is 0. The van der Waals surface area contributed by atoms with Gasteiger partial charge < -0.3 is 5.11 Å². The molecule has 0 saturated carbocycles. The van der Waals surface area contributed by atoms with Crippen molar-refractivity contribution in [2.24, 2.45) is 0 Å². The summed E-state index contributed by atoms with van der Waals surface area (Å²) >= 11 is 1.16. The van der Waals surface area contributed by atoms with Crippen molar-refractivity contribution in [3.05, 3.63) is 16.4 Å². The zero-order chi connectivity index (χ0) is 11.2. The predicted molar refractivity (Wildman–Crippen MR) is 56.6 cm³/mol. The summed E-state index contributed by atoms with van der Waals surface area (Å²) in [5.41, 5.74) is 0.641. The summed E-state index contributed by atoms with van der Waals surface area (Å²) in [4.78, 5) is 16.1. The molecular weight excluding hydrogens is 214 g/mol. The molecular formula is C9H11N3O2S. The van der Waals surface area contributed by atoms with Gasteiger partial charge in [0.1, 0.15) is 4.88 Å². The van der Waals surface area contributed by atoms with Gasteiger partial charge in [-0.25, -0.2) is 14.3 Å². The average molecular weight is 225 g/mol. The van der Waals surface area contributed by atoms with Gasteiger partial charge in [0.15, 0.2) is 5.82 Å². The number of aromatic nitrogens is 3. The predicted octanol–water partition coefficient (Wildman–Crippen LogP) is 1.92. The van der Waals surface area contributed by atoms with Gasteiger partial charge in [0.2, 0.25) is 4.96 Å². The van der Waals surface area contributed by atoms with Crippen LogP contribution in [0.4, 0.5) is 0 Å². The minimum absolute atomic E-state index is 0.254. The van der Waals surface area contributed by atoms with Crippen LogP contribution in [0.1, 0.15) is 41.0 Å². The zero-order valence-electron chi connectivity index (χ0n) is 8.68. The highest BCUT2D eigenvalue weighted by Gasteiger charge is 2.18. The lowest BCUT2D eigenvalue weighted by Crippen LogP contribution is -1.99. The van der Waals surface area contributed by atoms with Crippen LogP contribution in [0.5, 0.6) is 0 Å². The summed E-state index contributed by atoms with van der Waals surface area (Å²) in [6.45, 7) is 5.76. The Morgan fingerprint density at radius 1 is 1.53 bits per heavy atom. The first-order chi connectivity index (χ1) is 7.00. The summed E-state index contributed by atoms with van der Waals surface area (Å²) in [5.74, 6) is 0.0852. The Morgan fingerprint density at radius 2 is 2.20 bits per heavy atom. The van der Waals surface area contributed by atoms with E-state index in [-0.39, 0.29) is 5.92 Å². The third kappa shape index (κ3) is 1.50. The van der Waals surface area contributed by atoms with E-state index in [0.717, 1.165) is 17.2 Å². The van der Waals surface area contributed by atoms with Gasteiger partial charge in [-0.15, -0.1) is 0 Å². The van der Waals surface area contributed by atoms with Crippen molar-refractivity contribution in [3.63, 3.8) is 0 Å². The molecule has 2 aromatic heterocycles. The Morgan fingerprint density at radius 3 is 2.67 bits per heavy atom. The first-order valence-corrected chi connectivity index (χ1v) is 5.41. The van der Waals surface area contributed by atoms with Crippen LogP contribution in [-0.4, -0.2) is 25.7 Å². The van der Waals surface area contributed by atoms with E-state index < -0.39 is 5.97 Å².